The fourth-order valence-electron chi connectivity index (χ4n) is 9.48. The molecule has 0 aliphatic rings. The highest BCUT2D eigenvalue weighted by Crippen LogP contribution is 2.47. The van der Waals surface area contributed by atoms with Gasteiger partial charge in [-0.05, 0) is 125 Å². The lowest BCUT2D eigenvalue weighted by Crippen LogP contribution is -2.42. The molecule has 0 saturated carbocycles. The number of carbonyl (C=O) groups excluding carboxylic acids is 2. The lowest BCUT2D eigenvalue weighted by atomic mass is 9.69. The van der Waals surface area contributed by atoms with Gasteiger partial charge in [0, 0.05) is 44.6 Å². The van der Waals surface area contributed by atoms with Gasteiger partial charge < -0.3 is 34.3 Å². The van der Waals surface area contributed by atoms with E-state index in [4.69, 9.17) is 23.6 Å². The molecule has 0 saturated heterocycles. The average Bonchev–Trinajstić information content (AvgIpc) is 3.42. The van der Waals surface area contributed by atoms with Crippen LogP contribution in [0.1, 0.15) is 126 Å². The molecule has 1 atom stereocenters. The normalized spacial score (nSPS) is 12.1. The summed E-state index contributed by atoms with van der Waals surface area (Å²) >= 11 is 0. The van der Waals surface area contributed by atoms with Crippen molar-refractivity contribution in [2.75, 3.05) is 40.5 Å². The Morgan fingerprint density at radius 3 is 1.14 bits per heavy atom. The molecule has 0 heterocycles. The maximum atomic E-state index is 13.2. The molecule has 0 aromatic heterocycles. The number of benzene rings is 6. The van der Waals surface area contributed by atoms with E-state index in [2.05, 4.69) is 154 Å². The van der Waals surface area contributed by atoms with Crippen molar-refractivity contribution in [2.24, 2.45) is 0 Å². The van der Waals surface area contributed by atoms with Crippen LogP contribution in [0.25, 0.3) is 0 Å². The van der Waals surface area contributed by atoms with Crippen LogP contribution in [0.3, 0.4) is 0 Å². The molecular formula is C63H82N3O7P. The van der Waals surface area contributed by atoms with Crippen LogP contribution >= 0.6 is 8.53 Å². The van der Waals surface area contributed by atoms with Crippen LogP contribution in [0.2, 0.25) is 0 Å². The van der Waals surface area contributed by atoms with Gasteiger partial charge in [-0.1, -0.05) is 158 Å². The van der Waals surface area contributed by atoms with Crippen LogP contribution < -0.4 is 20.1 Å². The zero-order valence-electron chi connectivity index (χ0n) is 45.2. The Kier molecular flexibility index (Phi) is 24.8. The number of unbranched alkanes of at least 4 members (excludes halogenated alkanes) is 4. The third-order valence-electron chi connectivity index (χ3n) is 13.2. The summed E-state index contributed by atoms with van der Waals surface area (Å²) in [6, 6.07) is 58.4. The average molecular weight is 1020 g/mol. The van der Waals surface area contributed by atoms with E-state index in [1.807, 2.05) is 72.8 Å². The van der Waals surface area contributed by atoms with Gasteiger partial charge in [0.2, 0.25) is 11.8 Å². The number of methoxy groups -OCH3 is 2. The molecular weight excluding hydrogens is 942 g/mol. The summed E-state index contributed by atoms with van der Waals surface area (Å²) in [5.41, 5.74) is 5.59. The fourth-order valence-corrected chi connectivity index (χ4v) is 11.2. The van der Waals surface area contributed by atoms with Crippen molar-refractivity contribution < 1.29 is 33.2 Å². The van der Waals surface area contributed by atoms with Crippen LogP contribution in [0, 0.1) is 0 Å². The van der Waals surface area contributed by atoms with Crippen molar-refractivity contribution in [2.45, 2.75) is 122 Å². The zero-order valence-corrected chi connectivity index (χ0v) is 46.1. The quantitative estimate of drug-likeness (QED) is 0.0242. The van der Waals surface area contributed by atoms with Gasteiger partial charge in [0.05, 0.1) is 37.8 Å². The van der Waals surface area contributed by atoms with E-state index >= 15 is 0 Å². The lowest BCUT2D eigenvalue weighted by molar-refractivity contribution is -0.122. The predicted molar refractivity (Wildman–Crippen MR) is 303 cm³/mol. The first-order valence-electron chi connectivity index (χ1n) is 26.4. The number of ether oxygens (including phenoxy) is 2. The van der Waals surface area contributed by atoms with E-state index in [0.717, 1.165) is 83.4 Å². The van der Waals surface area contributed by atoms with E-state index in [9.17, 15) is 9.59 Å². The molecule has 396 valence electrons. The van der Waals surface area contributed by atoms with Gasteiger partial charge in [-0.15, -0.1) is 0 Å². The first-order valence-corrected chi connectivity index (χ1v) is 27.6. The lowest BCUT2D eigenvalue weighted by Gasteiger charge is -2.36. The van der Waals surface area contributed by atoms with Crippen LogP contribution in [0.4, 0.5) is 0 Å². The number of rotatable bonds is 29. The molecule has 6 aromatic carbocycles. The van der Waals surface area contributed by atoms with Crippen LogP contribution in [0.5, 0.6) is 11.5 Å². The summed E-state index contributed by atoms with van der Waals surface area (Å²) < 4.78 is 25.5. The molecule has 6 rings (SSSR count). The summed E-state index contributed by atoms with van der Waals surface area (Å²) in [5.74, 6) is 1.69. The second-order valence-corrected chi connectivity index (χ2v) is 20.8. The summed E-state index contributed by atoms with van der Waals surface area (Å²) in [4.78, 5) is 25.9. The standard InChI is InChI=1S/C36H51N2O4P.C27H31NO3/c1-28(2)38(29(3)4)43(42-30(5)6)41-26-16-10-15-21-35(39)37-27-36(31-17-11-8-12-18-31,32-19-13-9-14-20-32)33-22-24-34(40-7)25-23-33;1-31-25-18-16-24(17-19-25)27(22-11-5-2-6-12-22,23-13-7-3-8-14-23)21-28-26(30)15-9-4-10-20-29/h8-9,11-14,17-20,22-25,28-30H,10,15-16,21,26-27H2,1-7H3,(H,37,39);2-3,5-8,11-14,16-19,29H,4,9-10,15,20-21H2,1H3,(H,28,30). The Hall–Kier alpha value is -5.87. The van der Waals surface area contributed by atoms with Gasteiger partial charge in [-0.25, -0.2) is 4.67 Å². The van der Waals surface area contributed by atoms with Crippen molar-refractivity contribution in [3.05, 3.63) is 203 Å². The molecule has 74 heavy (non-hydrogen) atoms. The largest absolute Gasteiger partial charge is 0.497 e. The molecule has 3 N–H and O–H groups in total. The number of hydrogen-bond donors (Lipinski definition) is 3. The summed E-state index contributed by atoms with van der Waals surface area (Å²) in [6.45, 7) is 14.5. The molecule has 2 amide bonds. The molecule has 0 aliphatic heterocycles. The smallest absolute Gasteiger partial charge is 0.259 e. The molecule has 6 aromatic rings. The number of aliphatic hydroxyl groups is 1. The first-order chi connectivity index (χ1) is 35.9. The second kappa shape index (κ2) is 31.1. The van der Waals surface area contributed by atoms with Crippen molar-refractivity contribution in [3.8, 4) is 11.5 Å². The Labute approximate surface area is 444 Å². The minimum Gasteiger partial charge on any atom is -0.497 e. The maximum absolute atomic E-state index is 13.2. The van der Waals surface area contributed by atoms with Gasteiger partial charge in [-0.3, -0.25) is 9.59 Å². The molecule has 11 heteroatoms. The summed E-state index contributed by atoms with van der Waals surface area (Å²) in [5, 5.41) is 15.4. The Morgan fingerprint density at radius 1 is 0.486 bits per heavy atom. The summed E-state index contributed by atoms with van der Waals surface area (Å²) in [6.07, 6.45) is 6.02. The highest BCUT2D eigenvalue weighted by Gasteiger charge is 2.38. The van der Waals surface area contributed by atoms with Crippen LogP contribution in [-0.4, -0.2) is 80.3 Å². The van der Waals surface area contributed by atoms with Gasteiger partial charge >= 0.3 is 0 Å². The number of amides is 2. The molecule has 0 bridgehead atoms. The van der Waals surface area contributed by atoms with Crippen LogP contribution in [0.15, 0.2) is 170 Å². The zero-order chi connectivity index (χ0) is 53.2. The van der Waals surface area contributed by atoms with E-state index in [0.29, 0.717) is 44.6 Å². The molecule has 0 spiro atoms. The second-order valence-electron chi connectivity index (χ2n) is 19.4. The van der Waals surface area contributed by atoms with E-state index in [-0.39, 0.29) is 24.5 Å². The molecule has 1 unspecified atom stereocenters. The van der Waals surface area contributed by atoms with Crippen molar-refractivity contribution >= 4 is 20.3 Å². The Morgan fingerprint density at radius 2 is 0.824 bits per heavy atom. The molecule has 0 radical (unpaired) electrons. The highest BCUT2D eigenvalue weighted by atomic mass is 31.2. The maximum Gasteiger partial charge on any atom is 0.259 e. The van der Waals surface area contributed by atoms with E-state index in [1.165, 1.54) is 0 Å². The first kappa shape index (κ1) is 59.0. The van der Waals surface area contributed by atoms with Gasteiger partial charge in [0.25, 0.3) is 8.53 Å². The van der Waals surface area contributed by atoms with Gasteiger partial charge in [-0.2, -0.15) is 0 Å². The molecule has 0 fully saturated rings. The molecule has 10 nitrogen and oxygen atoms in total. The minimum absolute atomic E-state index is 0.0303. The Balaban J connectivity index is 0.000000288. The highest BCUT2D eigenvalue weighted by molar-refractivity contribution is 7.44. The van der Waals surface area contributed by atoms with Gasteiger partial charge in [0.15, 0.2) is 0 Å². The fraction of sp³-hybridized carbons (Fsp3) is 0.397. The Bertz CT molecular complexity index is 2390. The third-order valence-corrected chi connectivity index (χ3v) is 15.5. The topological polar surface area (TPSA) is 119 Å². The van der Waals surface area contributed by atoms with Crippen molar-refractivity contribution in [3.63, 3.8) is 0 Å². The SMILES string of the molecule is COc1ccc(C(CNC(=O)CCCCCO)(c2ccccc2)c2ccccc2)cc1.COc1ccc(C(CNC(=O)CCCCCOP(OC(C)C)N(C(C)C)C(C)C)(c2ccccc2)c2ccccc2)cc1. The number of aliphatic hydroxyl groups excluding tert-OH is 1. The van der Waals surface area contributed by atoms with E-state index < -0.39 is 19.4 Å². The van der Waals surface area contributed by atoms with Crippen molar-refractivity contribution in [1.82, 2.24) is 15.3 Å². The number of hydrogen-bond acceptors (Lipinski definition) is 8. The number of carbonyl (C=O) groups is 2. The molecule has 0 aliphatic carbocycles. The van der Waals surface area contributed by atoms with E-state index in [1.54, 1.807) is 14.2 Å². The van der Waals surface area contributed by atoms with Crippen molar-refractivity contribution in [1.29, 1.82) is 0 Å². The minimum atomic E-state index is -1.12. The third kappa shape index (κ3) is 16.8. The summed E-state index contributed by atoms with van der Waals surface area (Å²) in [7, 11) is 2.22. The number of nitrogens with zero attached hydrogens (tertiary/aromatic N) is 1. The van der Waals surface area contributed by atoms with Gasteiger partial charge in [0.1, 0.15) is 11.5 Å². The predicted octanol–water partition coefficient (Wildman–Crippen LogP) is 13.2. The van der Waals surface area contributed by atoms with Crippen LogP contribution in [-0.2, 0) is 29.5 Å². The number of nitrogens with one attached hydrogen (secondary N) is 2. The monoisotopic (exact) mass is 1020 g/mol.